The second kappa shape index (κ2) is 4.81. The first kappa shape index (κ1) is 12.6. The van der Waals surface area contributed by atoms with Crippen molar-refractivity contribution in [1.82, 2.24) is 10.2 Å². The first-order chi connectivity index (χ1) is 8.49. The van der Waals surface area contributed by atoms with Gasteiger partial charge in [-0.2, -0.15) is 13.5 Å². The van der Waals surface area contributed by atoms with E-state index in [1.54, 1.807) is 6.07 Å². The van der Waals surface area contributed by atoms with Crippen LogP contribution in [0.1, 0.15) is 25.3 Å². The molecule has 0 unspecified atom stereocenters. The fourth-order valence-electron chi connectivity index (χ4n) is 1.56. The van der Waals surface area contributed by atoms with Crippen LogP contribution in [0.15, 0.2) is 41.6 Å². The average Bonchev–Trinajstić information content (AvgIpc) is 2.82. The standard InChI is InChI=1S/C12H15N3O2S/c1-9(2)10-4-3-5-11(8-10)15-18(16,17)12-6-7-13-14-12/h3-9,15H,1-2H3,(H,13,14). The summed E-state index contributed by atoms with van der Waals surface area (Å²) < 4.78 is 26.4. The van der Waals surface area contributed by atoms with E-state index in [2.05, 4.69) is 28.8 Å². The lowest BCUT2D eigenvalue weighted by molar-refractivity contribution is 0.597. The summed E-state index contributed by atoms with van der Waals surface area (Å²) in [4.78, 5) is 0. The van der Waals surface area contributed by atoms with Crippen LogP contribution in [0.25, 0.3) is 0 Å². The number of nitrogens with one attached hydrogen (secondary N) is 2. The van der Waals surface area contributed by atoms with Crippen LogP contribution in [0.3, 0.4) is 0 Å². The van der Waals surface area contributed by atoms with Crippen molar-refractivity contribution in [2.24, 2.45) is 0 Å². The Kier molecular flexibility index (Phi) is 3.38. The Morgan fingerprint density at radius 2 is 2.06 bits per heavy atom. The molecule has 18 heavy (non-hydrogen) atoms. The lowest BCUT2D eigenvalue weighted by Gasteiger charge is -2.10. The topological polar surface area (TPSA) is 74.8 Å². The number of H-pyrrole nitrogens is 1. The van der Waals surface area contributed by atoms with Crippen LogP contribution < -0.4 is 4.72 Å². The summed E-state index contributed by atoms with van der Waals surface area (Å²) >= 11 is 0. The number of anilines is 1. The largest absolute Gasteiger partial charge is 0.278 e. The third-order valence-electron chi connectivity index (χ3n) is 2.57. The van der Waals surface area contributed by atoms with E-state index in [1.165, 1.54) is 12.3 Å². The molecule has 0 bridgehead atoms. The van der Waals surface area contributed by atoms with Gasteiger partial charge in [0, 0.05) is 5.69 Å². The maximum atomic E-state index is 12.0. The van der Waals surface area contributed by atoms with E-state index in [4.69, 9.17) is 0 Å². The van der Waals surface area contributed by atoms with Crippen molar-refractivity contribution in [1.29, 1.82) is 0 Å². The number of hydrogen-bond donors (Lipinski definition) is 2. The molecule has 0 aliphatic rings. The van der Waals surface area contributed by atoms with Crippen molar-refractivity contribution in [3.8, 4) is 0 Å². The Morgan fingerprint density at radius 1 is 1.28 bits per heavy atom. The second-order valence-electron chi connectivity index (χ2n) is 4.31. The fourth-order valence-corrected chi connectivity index (χ4v) is 2.52. The molecule has 6 heteroatoms. The molecular formula is C12H15N3O2S. The summed E-state index contributed by atoms with van der Waals surface area (Å²) in [5, 5.41) is 6.12. The number of sulfonamides is 1. The lowest BCUT2D eigenvalue weighted by Crippen LogP contribution is -2.13. The highest BCUT2D eigenvalue weighted by atomic mass is 32.2. The number of aromatic nitrogens is 2. The number of aromatic amines is 1. The van der Waals surface area contributed by atoms with Gasteiger partial charge in [0.05, 0.1) is 6.20 Å². The van der Waals surface area contributed by atoms with E-state index in [0.717, 1.165) is 5.56 Å². The van der Waals surface area contributed by atoms with E-state index < -0.39 is 10.0 Å². The van der Waals surface area contributed by atoms with Crippen LogP contribution in [0.5, 0.6) is 0 Å². The lowest BCUT2D eigenvalue weighted by atomic mass is 10.0. The summed E-state index contributed by atoms with van der Waals surface area (Å²) in [6.07, 6.45) is 1.40. The van der Waals surface area contributed by atoms with Gasteiger partial charge in [-0.05, 0) is 29.7 Å². The predicted octanol–water partition coefficient (Wildman–Crippen LogP) is 2.33. The molecule has 0 saturated heterocycles. The van der Waals surface area contributed by atoms with Crippen molar-refractivity contribution in [3.63, 3.8) is 0 Å². The molecule has 0 radical (unpaired) electrons. The van der Waals surface area contributed by atoms with E-state index in [0.29, 0.717) is 11.6 Å². The molecule has 1 aromatic carbocycles. The van der Waals surface area contributed by atoms with Gasteiger partial charge in [-0.3, -0.25) is 9.82 Å². The third-order valence-corrected chi connectivity index (χ3v) is 3.88. The molecule has 0 aliphatic heterocycles. The highest BCUT2D eigenvalue weighted by Crippen LogP contribution is 2.20. The van der Waals surface area contributed by atoms with Crippen molar-refractivity contribution in [2.75, 3.05) is 4.72 Å². The van der Waals surface area contributed by atoms with Crippen LogP contribution in [0, 0.1) is 0 Å². The van der Waals surface area contributed by atoms with Gasteiger partial charge < -0.3 is 0 Å². The number of hydrogen-bond acceptors (Lipinski definition) is 3. The highest BCUT2D eigenvalue weighted by molar-refractivity contribution is 7.92. The molecule has 5 nitrogen and oxygen atoms in total. The van der Waals surface area contributed by atoms with E-state index in [1.807, 2.05) is 18.2 Å². The van der Waals surface area contributed by atoms with E-state index >= 15 is 0 Å². The molecule has 0 saturated carbocycles. The summed E-state index contributed by atoms with van der Waals surface area (Å²) in [6, 6.07) is 8.77. The fraction of sp³-hybridized carbons (Fsp3) is 0.250. The molecule has 0 aliphatic carbocycles. The maximum Gasteiger partial charge on any atom is 0.278 e. The Balaban J connectivity index is 2.27. The quantitative estimate of drug-likeness (QED) is 0.891. The Hall–Kier alpha value is -1.82. The Bertz CT molecular complexity index is 619. The first-order valence-electron chi connectivity index (χ1n) is 5.61. The number of rotatable bonds is 4. The van der Waals surface area contributed by atoms with Gasteiger partial charge in [0.1, 0.15) is 0 Å². The van der Waals surface area contributed by atoms with Crippen molar-refractivity contribution < 1.29 is 8.42 Å². The summed E-state index contributed by atoms with van der Waals surface area (Å²) in [5.41, 5.74) is 1.63. The Morgan fingerprint density at radius 3 is 2.67 bits per heavy atom. The molecule has 0 spiro atoms. The van der Waals surface area contributed by atoms with Crippen LogP contribution in [-0.4, -0.2) is 18.6 Å². The second-order valence-corrected chi connectivity index (χ2v) is 5.96. The zero-order chi connectivity index (χ0) is 13.2. The van der Waals surface area contributed by atoms with Gasteiger partial charge in [0.2, 0.25) is 0 Å². The number of nitrogens with zero attached hydrogens (tertiary/aromatic N) is 1. The van der Waals surface area contributed by atoms with Crippen LogP contribution in [-0.2, 0) is 10.0 Å². The molecule has 0 amide bonds. The minimum absolute atomic E-state index is 0.0532. The van der Waals surface area contributed by atoms with Crippen molar-refractivity contribution >= 4 is 15.7 Å². The van der Waals surface area contributed by atoms with Crippen LogP contribution in [0.4, 0.5) is 5.69 Å². The molecule has 2 N–H and O–H groups in total. The van der Waals surface area contributed by atoms with Gasteiger partial charge in [-0.1, -0.05) is 26.0 Å². The average molecular weight is 265 g/mol. The molecule has 96 valence electrons. The Labute approximate surface area is 106 Å². The van der Waals surface area contributed by atoms with Gasteiger partial charge >= 0.3 is 0 Å². The molecule has 1 heterocycles. The van der Waals surface area contributed by atoms with Crippen LogP contribution >= 0.6 is 0 Å². The monoisotopic (exact) mass is 265 g/mol. The smallest absolute Gasteiger partial charge is 0.278 e. The maximum absolute atomic E-state index is 12.0. The normalized spacial score (nSPS) is 11.7. The van der Waals surface area contributed by atoms with Crippen molar-refractivity contribution in [2.45, 2.75) is 24.8 Å². The molecule has 1 aromatic heterocycles. The van der Waals surface area contributed by atoms with E-state index in [9.17, 15) is 8.42 Å². The predicted molar refractivity (Wildman–Crippen MR) is 69.9 cm³/mol. The summed E-state index contributed by atoms with van der Waals surface area (Å²) in [7, 11) is -3.58. The minimum Gasteiger partial charge on any atom is -0.278 e. The SMILES string of the molecule is CC(C)c1cccc(NS(=O)(=O)c2ccn[nH]2)c1. The van der Waals surface area contributed by atoms with Gasteiger partial charge in [-0.25, -0.2) is 0 Å². The molecule has 0 fully saturated rings. The molecular weight excluding hydrogens is 250 g/mol. The summed E-state index contributed by atoms with van der Waals surface area (Å²) in [5.74, 6) is 0.349. The minimum atomic E-state index is -3.58. The molecule has 0 atom stereocenters. The van der Waals surface area contributed by atoms with Crippen molar-refractivity contribution in [3.05, 3.63) is 42.1 Å². The van der Waals surface area contributed by atoms with Crippen LogP contribution in [0.2, 0.25) is 0 Å². The van der Waals surface area contributed by atoms with Gasteiger partial charge in [0.25, 0.3) is 10.0 Å². The molecule has 2 aromatic rings. The third kappa shape index (κ3) is 2.70. The number of benzene rings is 1. The highest BCUT2D eigenvalue weighted by Gasteiger charge is 2.15. The molecule has 2 rings (SSSR count). The zero-order valence-corrected chi connectivity index (χ0v) is 11.0. The van der Waals surface area contributed by atoms with Gasteiger partial charge in [-0.15, -0.1) is 0 Å². The zero-order valence-electron chi connectivity index (χ0n) is 10.2. The van der Waals surface area contributed by atoms with E-state index in [-0.39, 0.29) is 5.03 Å². The van der Waals surface area contributed by atoms with Gasteiger partial charge in [0.15, 0.2) is 5.03 Å². The first-order valence-corrected chi connectivity index (χ1v) is 7.09. The summed E-state index contributed by atoms with van der Waals surface area (Å²) in [6.45, 7) is 4.12.